The van der Waals surface area contributed by atoms with Crippen molar-refractivity contribution in [3.63, 3.8) is 0 Å². The zero-order chi connectivity index (χ0) is 15.5. The van der Waals surface area contributed by atoms with Crippen LogP contribution in [0.5, 0.6) is 0 Å². The molecule has 1 heterocycles. The van der Waals surface area contributed by atoms with Crippen LogP contribution in [0.25, 0.3) is 10.8 Å². The first kappa shape index (κ1) is 15.3. The standard InChI is InChI=1S/C16H20N2O3/c1-3-16(4-2,10-19)18-14-12-8-6-5-7-11(12)9-13(17-14)15(20)21/h5-9,19H,3-4,10H2,1-2H3,(H,17,18)(H,20,21). The molecule has 0 bridgehead atoms. The van der Waals surface area contributed by atoms with Crippen LogP contribution in [0, 0.1) is 0 Å². The van der Waals surface area contributed by atoms with Gasteiger partial charge in [0, 0.05) is 5.39 Å². The Balaban J connectivity index is 2.58. The second-order valence-electron chi connectivity index (χ2n) is 5.15. The number of carboxylic acid groups (broad SMARTS) is 1. The number of aromatic carboxylic acids is 1. The molecular formula is C16H20N2O3. The number of aliphatic hydroxyl groups is 1. The average Bonchev–Trinajstić information content (AvgIpc) is 2.52. The largest absolute Gasteiger partial charge is 0.477 e. The molecule has 0 spiro atoms. The minimum absolute atomic E-state index is 0.00440. The molecule has 0 saturated carbocycles. The Morgan fingerprint density at radius 3 is 2.52 bits per heavy atom. The Labute approximate surface area is 123 Å². The van der Waals surface area contributed by atoms with Crippen LogP contribution < -0.4 is 5.32 Å². The zero-order valence-electron chi connectivity index (χ0n) is 12.3. The lowest BCUT2D eigenvalue weighted by molar-refractivity contribution is 0.0691. The van der Waals surface area contributed by atoms with E-state index >= 15 is 0 Å². The summed E-state index contributed by atoms with van der Waals surface area (Å²) in [7, 11) is 0. The van der Waals surface area contributed by atoms with Crippen molar-refractivity contribution in [1.82, 2.24) is 4.98 Å². The van der Waals surface area contributed by atoms with Gasteiger partial charge in [-0.05, 0) is 24.3 Å². The van der Waals surface area contributed by atoms with Gasteiger partial charge < -0.3 is 15.5 Å². The van der Waals surface area contributed by atoms with Crippen LogP contribution >= 0.6 is 0 Å². The molecule has 2 rings (SSSR count). The van der Waals surface area contributed by atoms with Gasteiger partial charge in [-0.25, -0.2) is 9.78 Å². The smallest absolute Gasteiger partial charge is 0.354 e. The molecule has 3 N–H and O–H groups in total. The van der Waals surface area contributed by atoms with E-state index in [0.29, 0.717) is 18.7 Å². The molecule has 5 heteroatoms. The van der Waals surface area contributed by atoms with Crippen LogP contribution in [-0.2, 0) is 0 Å². The van der Waals surface area contributed by atoms with Crippen LogP contribution in [0.3, 0.4) is 0 Å². The number of fused-ring (bicyclic) bond motifs is 1. The summed E-state index contributed by atoms with van der Waals surface area (Å²) in [5, 5.41) is 23.8. The van der Waals surface area contributed by atoms with E-state index in [1.54, 1.807) is 6.07 Å². The van der Waals surface area contributed by atoms with Crippen LogP contribution in [0.1, 0.15) is 37.2 Å². The molecule has 0 saturated heterocycles. The molecule has 5 nitrogen and oxygen atoms in total. The number of benzene rings is 1. The Kier molecular flexibility index (Phi) is 4.43. The highest BCUT2D eigenvalue weighted by molar-refractivity contribution is 5.97. The summed E-state index contributed by atoms with van der Waals surface area (Å²) in [6.07, 6.45) is 1.43. The molecule has 0 amide bonds. The van der Waals surface area contributed by atoms with Crippen molar-refractivity contribution in [3.8, 4) is 0 Å². The van der Waals surface area contributed by atoms with Gasteiger partial charge in [0.2, 0.25) is 0 Å². The summed E-state index contributed by atoms with van der Waals surface area (Å²) >= 11 is 0. The molecule has 2 aromatic rings. The molecular weight excluding hydrogens is 268 g/mol. The van der Waals surface area contributed by atoms with Crippen molar-refractivity contribution < 1.29 is 15.0 Å². The Bertz CT molecular complexity index is 643. The van der Waals surface area contributed by atoms with Gasteiger partial charge in [0.15, 0.2) is 5.69 Å². The van der Waals surface area contributed by atoms with Gasteiger partial charge in [0.1, 0.15) is 5.82 Å². The van der Waals surface area contributed by atoms with Gasteiger partial charge in [0.05, 0.1) is 12.1 Å². The third-order valence-corrected chi connectivity index (χ3v) is 4.00. The number of hydrogen-bond donors (Lipinski definition) is 3. The number of hydrogen-bond acceptors (Lipinski definition) is 4. The quantitative estimate of drug-likeness (QED) is 0.761. The number of carboxylic acids is 1. The maximum Gasteiger partial charge on any atom is 0.354 e. The van der Waals surface area contributed by atoms with Gasteiger partial charge in [-0.2, -0.15) is 0 Å². The summed E-state index contributed by atoms with van der Waals surface area (Å²) in [5.74, 6) is -0.561. The maximum atomic E-state index is 11.2. The molecule has 1 aromatic heterocycles. The molecule has 0 aliphatic carbocycles. The highest BCUT2D eigenvalue weighted by Crippen LogP contribution is 2.27. The van der Waals surface area contributed by atoms with Crippen molar-refractivity contribution >= 4 is 22.6 Å². The Hall–Kier alpha value is -2.14. The van der Waals surface area contributed by atoms with E-state index in [-0.39, 0.29) is 12.3 Å². The van der Waals surface area contributed by atoms with E-state index in [4.69, 9.17) is 0 Å². The van der Waals surface area contributed by atoms with Gasteiger partial charge in [-0.1, -0.05) is 38.1 Å². The van der Waals surface area contributed by atoms with Crippen molar-refractivity contribution in [2.75, 3.05) is 11.9 Å². The first-order chi connectivity index (χ1) is 10.0. The lowest BCUT2D eigenvalue weighted by Gasteiger charge is -2.32. The topological polar surface area (TPSA) is 82.5 Å². The van der Waals surface area contributed by atoms with Crippen LogP contribution in [0.4, 0.5) is 5.82 Å². The lowest BCUT2D eigenvalue weighted by Crippen LogP contribution is -2.41. The minimum atomic E-state index is -1.06. The number of anilines is 1. The fraction of sp³-hybridized carbons (Fsp3) is 0.375. The number of rotatable bonds is 6. The van der Waals surface area contributed by atoms with Crippen molar-refractivity contribution in [2.45, 2.75) is 32.2 Å². The molecule has 0 atom stereocenters. The molecule has 0 unspecified atom stereocenters. The number of aliphatic hydroxyl groups excluding tert-OH is 1. The Morgan fingerprint density at radius 1 is 1.29 bits per heavy atom. The van der Waals surface area contributed by atoms with Gasteiger partial charge in [-0.3, -0.25) is 0 Å². The summed E-state index contributed by atoms with van der Waals surface area (Å²) in [6.45, 7) is 3.93. The van der Waals surface area contributed by atoms with Gasteiger partial charge in [0.25, 0.3) is 0 Å². The van der Waals surface area contributed by atoms with Crippen molar-refractivity contribution in [1.29, 1.82) is 0 Å². The minimum Gasteiger partial charge on any atom is -0.477 e. The number of nitrogens with zero attached hydrogens (tertiary/aromatic N) is 1. The monoisotopic (exact) mass is 288 g/mol. The van der Waals surface area contributed by atoms with E-state index in [1.807, 2.05) is 38.1 Å². The average molecular weight is 288 g/mol. The molecule has 0 aliphatic heterocycles. The van der Waals surface area contributed by atoms with Gasteiger partial charge in [-0.15, -0.1) is 0 Å². The van der Waals surface area contributed by atoms with Crippen molar-refractivity contribution in [3.05, 3.63) is 36.0 Å². The van der Waals surface area contributed by atoms with E-state index in [1.165, 1.54) is 0 Å². The number of aromatic nitrogens is 1. The van der Waals surface area contributed by atoms with Crippen LogP contribution in [0.15, 0.2) is 30.3 Å². The third-order valence-electron chi connectivity index (χ3n) is 4.00. The SMILES string of the molecule is CCC(CC)(CO)Nc1nc(C(=O)O)cc2ccccc12. The molecule has 112 valence electrons. The number of pyridine rings is 1. The molecule has 21 heavy (non-hydrogen) atoms. The second-order valence-corrected chi connectivity index (χ2v) is 5.15. The fourth-order valence-corrected chi connectivity index (χ4v) is 2.34. The summed E-state index contributed by atoms with van der Waals surface area (Å²) in [6, 6.07) is 9.04. The van der Waals surface area contributed by atoms with Crippen molar-refractivity contribution in [2.24, 2.45) is 0 Å². The van der Waals surface area contributed by atoms with E-state index in [0.717, 1.165) is 10.8 Å². The number of carbonyl (C=O) groups is 1. The normalized spacial score (nSPS) is 11.6. The highest BCUT2D eigenvalue weighted by Gasteiger charge is 2.26. The molecule has 0 radical (unpaired) electrons. The van der Waals surface area contributed by atoms with E-state index in [9.17, 15) is 15.0 Å². The zero-order valence-corrected chi connectivity index (χ0v) is 12.3. The maximum absolute atomic E-state index is 11.2. The third kappa shape index (κ3) is 2.97. The first-order valence-electron chi connectivity index (χ1n) is 7.07. The summed E-state index contributed by atoms with van der Waals surface area (Å²) in [5.41, 5.74) is -0.498. The Morgan fingerprint density at radius 2 is 1.95 bits per heavy atom. The van der Waals surface area contributed by atoms with Crippen LogP contribution in [-0.4, -0.2) is 33.3 Å². The predicted molar refractivity (Wildman–Crippen MR) is 82.7 cm³/mol. The molecule has 0 aliphatic rings. The summed E-state index contributed by atoms with van der Waals surface area (Å²) < 4.78 is 0. The molecule has 1 aromatic carbocycles. The van der Waals surface area contributed by atoms with E-state index < -0.39 is 11.5 Å². The highest BCUT2D eigenvalue weighted by atomic mass is 16.4. The summed E-state index contributed by atoms with van der Waals surface area (Å²) in [4.78, 5) is 15.4. The fourth-order valence-electron chi connectivity index (χ4n) is 2.34. The number of nitrogens with one attached hydrogen (secondary N) is 1. The molecule has 0 fully saturated rings. The van der Waals surface area contributed by atoms with E-state index in [2.05, 4.69) is 10.3 Å². The lowest BCUT2D eigenvalue weighted by atomic mass is 9.93. The second kappa shape index (κ2) is 6.10. The van der Waals surface area contributed by atoms with Crippen LogP contribution in [0.2, 0.25) is 0 Å². The van der Waals surface area contributed by atoms with Gasteiger partial charge >= 0.3 is 5.97 Å². The predicted octanol–water partition coefficient (Wildman–Crippen LogP) is 2.90. The first-order valence-corrected chi connectivity index (χ1v) is 7.07.